The third-order valence-electron chi connectivity index (χ3n) is 11.5. The van der Waals surface area contributed by atoms with E-state index in [-0.39, 0.29) is 32.2 Å². The molecule has 2 unspecified atom stereocenters. The summed E-state index contributed by atoms with van der Waals surface area (Å²) in [5.41, 5.74) is 0. The third-order valence-corrected chi connectivity index (χ3v) is 11.5. The van der Waals surface area contributed by atoms with Gasteiger partial charge in [0.1, 0.15) is 13.2 Å². The maximum absolute atomic E-state index is 12.8. The average Bonchev–Trinajstić information content (AvgIpc) is 3.23. The van der Waals surface area contributed by atoms with Crippen molar-refractivity contribution in [2.24, 2.45) is 0 Å². The van der Waals surface area contributed by atoms with E-state index in [4.69, 9.17) is 18.9 Å². The van der Waals surface area contributed by atoms with Crippen molar-refractivity contribution in [2.75, 3.05) is 47.5 Å². The quantitative estimate of drug-likeness (QED) is 0.0195. The zero-order chi connectivity index (χ0) is 45.6. The molecule has 0 aliphatic carbocycles. The van der Waals surface area contributed by atoms with E-state index in [1.54, 1.807) is 0 Å². The number of aliphatic carboxylic acids is 1. The van der Waals surface area contributed by atoms with E-state index in [2.05, 4.69) is 38.2 Å². The lowest BCUT2D eigenvalue weighted by Gasteiger charge is -2.26. The van der Waals surface area contributed by atoms with E-state index in [1.807, 2.05) is 21.1 Å². The molecule has 0 N–H and O–H groups in total. The number of unbranched alkanes of at least 4 members (excludes halogenated alkanes) is 29. The highest BCUT2D eigenvalue weighted by atomic mass is 16.7. The molecule has 9 heteroatoms. The number of ether oxygens (including phenoxy) is 4. The van der Waals surface area contributed by atoms with Crippen LogP contribution in [0.4, 0.5) is 0 Å². The Morgan fingerprint density at radius 2 is 0.871 bits per heavy atom. The monoisotopic (exact) mass is 878 g/mol. The molecule has 0 amide bonds. The van der Waals surface area contributed by atoms with Gasteiger partial charge in [0.2, 0.25) is 0 Å². The molecule has 0 bridgehead atoms. The van der Waals surface area contributed by atoms with Crippen molar-refractivity contribution in [3.05, 3.63) is 24.3 Å². The summed E-state index contributed by atoms with van der Waals surface area (Å²) in [6.07, 6.45) is 47.8. The van der Waals surface area contributed by atoms with E-state index >= 15 is 0 Å². The summed E-state index contributed by atoms with van der Waals surface area (Å²) in [6.45, 7) is 4.74. The number of carbonyl (C=O) groups is 3. The lowest BCUT2D eigenvalue weighted by Crippen LogP contribution is -2.44. The molecule has 0 aliphatic heterocycles. The summed E-state index contributed by atoms with van der Waals surface area (Å²) in [6, 6.07) is 0. The molecule has 0 heterocycles. The van der Waals surface area contributed by atoms with Crippen molar-refractivity contribution in [3.8, 4) is 0 Å². The van der Waals surface area contributed by atoms with E-state index in [0.717, 1.165) is 57.8 Å². The summed E-state index contributed by atoms with van der Waals surface area (Å²) in [7, 11) is 5.91. The minimum Gasteiger partial charge on any atom is -0.545 e. The number of carbonyl (C=O) groups excluding carboxylic acids is 3. The van der Waals surface area contributed by atoms with Gasteiger partial charge in [-0.05, 0) is 44.9 Å². The first-order chi connectivity index (χ1) is 30.1. The Morgan fingerprint density at radius 1 is 0.484 bits per heavy atom. The molecular weight excluding hydrogens is 779 g/mol. The van der Waals surface area contributed by atoms with Gasteiger partial charge in [0, 0.05) is 12.8 Å². The summed E-state index contributed by atoms with van der Waals surface area (Å²) in [5, 5.41) is 11.7. The maximum Gasteiger partial charge on any atom is 0.306 e. The molecule has 62 heavy (non-hydrogen) atoms. The van der Waals surface area contributed by atoms with Gasteiger partial charge in [0.25, 0.3) is 0 Å². The largest absolute Gasteiger partial charge is 0.545 e. The molecule has 0 radical (unpaired) electrons. The van der Waals surface area contributed by atoms with Crippen molar-refractivity contribution in [1.82, 2.24) is 0 Å². The minimum absolute atomic E-state index is 0.147. The lowest BCUT2D eigenvalue weighted by atomic mass is 10.0. The number of likely N-dealkylation sites (N-methyl/N-ethyl adjacent to an activating group) is 1. The van der Waals surface area contributed by atoms with E-state index in [9.17, 15) is 19.5 Å². The molecule has 0 aromatic rings. The van der Waals surface area contributed by atoms with Crippen molar-refractivity contribution < 1.29 is 42.9 Å². The molecule has 0 fully saturated rings. The van der Waals surface area contributed by atoms with Gasteiger partial charge in [0.15, 0.2) is 12.4 Å². The first-order valence-corrected chi connectivity index (χ1v) is 26.0. The molecule has 9 nitrogen and oxygen atoms in total. The van der Waals surface area contributed by atoms with Gasteiger partial charge in [-0.2, -0.15) is 0 Å². The van der Waals surface area contributed by atoms with Crippen molar-refractivity contribution in [2.45, 2.75) is 251 Å². The van der Waals surface area contributed by atoms with Crippen LogP contribution >= 0.6 is 0 Å². The Morgan fingerprint density at radius 3 is 1.29 bits per heavy atom. The van der Waals surface area contributed by atoms with Crippen LogP contribution in [0.25, 0.3) is 0 Å². The molecule has 0 saturated heterocycles. The Kier molecular flexibility index (Phi) is 43.7. The van der Waals surface area contributed by atoms with Gasteiger partial charge in [-0.3, -0.25) is 9.59 Å². The number of esters is 2. The standard InChI is InChI=1S/C53H99NO8/c1-6-8-10-12-14-16-18-20-22-24-25-26-27-28-30-31-33-35-37-39-41-43-50(55)60-47-49(48-61-53(52(57)58)59-46-45-54(3,4)5)62-51(56)44-42-40-38-36-34-32-29-23-21-19-17-15-13-11-9-7-2/h17,19,23,29,49,53H,6-16,18,20-22,24-28,30-48H2,1-5H3/b19-17-,29-23-. The van der Waals surface area contributed by atoms with E-state index in [0.29, 0.717) is 23.9 Å². The highest BCUT2D eigenvalue weighted by molar-refractivity contribution is 5.70. The molecular formula is C53H99NO8. The van der Waals surface area contributed by atoms with Crippen molar-refractivity contribution in [1.29, 1.82) is 0 Å². The topological polar surface area (TPSA) is 111 Å². The van der Waals surface area contributed by atoms with E-state index < -0.39 is 24.3 Å². The molecule has 0 spiro atoms. The molecule has 2 atom stereocenters. The smallest absolute Gasteiger partial charge is 0.306 e. The number of carboxylic acids is 1. The fourth-order valence-electron chi connectivity index (χ4n) is 7.39. The van der Waals surface area contributed by atoms with Crippen molar-refractivity contribution in [3.63, 3.8) is 0 Å². The van der Waals surface area contributed by atoms with Gasteiger partial charge >= 0.3 is 11.9 Å². The minimum atomic E-state index is -1.62. The van der Waals surface area contributed by atoms with Crippen molar-refractivity contribution >= 4 is 17.9 Å². The van der Waals surface area contributed by atoms with Gasteiger partial charge in [-0.25, -0.2) is 0 Å². The number of rotatable bonds is 48. The second-order valence-electron chi connectivity index (χ2n) is 18.8. The van der Waals surface area contributed by atoms with Crippen LogP contribution in [-0.4, -0.2) is 82.3 Å². The van der Waals surface area contributed by atoms with Crippen LogP contribution in [0.5, 0.6) is 0 Å². The Labute approximate surface area is 382 Å². The fourth-order valence-corrected chi connectivity index (χ4v) is 7.39. The molecule has 0 rings (SSSR count). The summed E-state index contributed by atoms with van der Waals surface area (Å²) in [4.78, 5) is 37.1. The van der Waals surface area contributed by atoms with E-state index in [1.165, 1.54) is 148 Å². The fraction of sp³-hybridized carbons (Fsp3) is 0.868. The maximum atomic E-state index is 12.8. The Balaban J connectivity index is 4.30. The number of quaternary nitrogens is 1. The van der Waals surface area contributed by atoms with Crippen LogP contribution in [0.2, 0.25) is 0 Å². The summed E-state index contributed by atoms with van der Waals surface area (Å²) in [5.74, 6) is -2.29. The second-order valence-corrected chi connectivity index (χ2v) is 18.8. The number of nitrogens with zero attached hydrogens (tertiary/aromatic N) is 1. The first kappa shape index (κ1) is 59.8. The second kappa shape index (κ2) is 45.3. The van der Waals surface area contributed by atoms with Crippen LogP contribution in [0.3, 0.4) is 0 Å². The van der Waals surface area contributed by atoms with Crippen LogP contribution in [-0.2, 0) is 33.3 Å². The summed E-state index contributed by atoms with van der Waals surface area (Å²) < 4.78 is 22.6. The van der Waals surface area contributed by atoms with Gasteiger partial charge in [-0.15, -0.1) is 0 Å². The molecule has 364 valence electrons. The van der Waals surface area contributed by atoms with Crippen LogP contribution in [0.15, 0.2) is 24.3 Å². The van der Waals surface area contributed by atoms with Crippen LogP contribution in [0.1, 0.15) is 239 Å². The molecule has 0 aromatic carbocycles. The van der Waals surface area contributed by atoms with Gasteiger partial charge in [0.05, 0.1) is 40.3 Å². The summed E-state index contributed by atoms with van der Waals surface area (Å²) >= 11 is 0. The zero-order valence-corrected chi connectivity index (χ0v) is 41.3. The Hall–Kier alpha value is -2.23. The van der Waals surface area contributed by atoms with Gasteiger partial charge < -0.3 is 33.3 Å². The first-order valence-electron chi connectivity index (χ1n) is 26.0. The van der Waals surface area contributed by atoms with Crippen LogP contribution < -0.4 is 5.11 Å². The predicted molar refractivity (Wildman–Crippen MR) is 256 cm³/mol. The third kappa shape index (κ3) is 45.8. The highest BCUT2D eigenvalue weighted by Crippen LogP contribution is 2.16. The SMILES string of the molecule is CCCCCC/C=C\C/C=C\CCCCCCCC(=O)OC(COC(=O)CCCCCCCCCCCCCCCCCCCCCCC)COC(OCC[N+](C)(C)C)C(=O)[O-]. The predicted octanol–water partition coefficient (Wildman–Crippen LogP) is 13.1. The van der Waals surface area contributed by atoms with Gasteiger partial charge in [-0.1, -0.05) is 205 Å². The zero-order valence-electron chi connectivity index (χ0n) is 41.3. The highest BCUT2D eigenvalue weighted by Gasteiger charge is 2.22. The molecule has 0 aromatic heterocycles. The Bertz CT molecular complexity index is 1070. The number of hydrogen-bond donors (Lipinski definition) is 0. The number of hydrogen-bond acceptors (Lipinski definition) is 8. The van der Waals surface area contributed by atoms with Crippen LogP contribution in [0, 0.1) is 0 Å². The molecule has 0 saturated carbocycles. The molecule has 0 aliphatic rings. The normalized spacial score (nSPS) is 13.0. The average molecular weight is 878 g/mol. The lowest BCUT2D eigenvalue weighted by molar-refractivity contribution is -0.870. The number of carboxylic acid groups (broad SMARTS) is 1. The number of allylic oxidation sites excluding steroid dienone is 4.